The van der Waals surface area contributed by atoms with E-state index in [2.05, 4.69) is 10.4 Å². The second-order valence-corrected chi connectivity index (χ2v) is 3.10. The minimum Gasteiger partial charge on any atom is -0.395 e. The second kappa shape index (κ2) is 5.74. The van der Waals surface area contributed by atoms with Crippen LogP contribution >= 0.6 is 0 Å². The summed E-state index contributed by atoms with van der Waals surface area (Å²) < 4.78 is 1.86. The maximum absolute atomic E-state index is 8.68. The fourth-order valence-electron chi connectivity index (χ4n) is 1.31. The summed E-state index contributed by atoms with van der Waals surface area (Å²) >= 11 is 0. The monoisotopic (exact) mass is 198 g/mol. The number of aliphatic hydroxyl groups is 1. The molecule has 5 heteroatoms. The number of rotatable bonds is 6. The first-order valence-electron chi connectivity index (χ1n) is 4.88. The SMILES string of the molecule is CCn1cc(C(CN)NCCO)cn1. The molecule has 0 spiro atoms. The van der Waals surface area contributed by atoms with Gasteiger partial charge in [0.05, 0.1) is 12.8 Å². The van der Waals surface area contributed by atoms with Gasteiger partial charge in [-0.2, -0.15) is 5.10 Å². The van der Waals surface area contributed by atoms with Crippen molar-refractivity contribution >= 4 is 0 Å². The highest BCUT2D eigenvalue weighted by molar-refractivity contribution is 5.10. The Morgan fingerprint density at radius 3 is 3.00 bits per heavy atom. The molecular weight excluding hydrogens is 180 g/mol. The van der Waals surface area contributed by atoms with Crippen molar-refractivity contribution in [3.8, 4) is 0 Å². The lowest BCUT2D eigenvalue weighted by atomic mass is 10.1. The summed E-state index contributed by atoms with van der Waals surface area (Å²) in [6, 6.07) is 0.0856. The van der Waals surface area contributed by atoms with Gasteiger partial charge in [0.15, 0.2) is 0 Å². The van der Waals surface area contributed by atoms with Crippen molar-refractivity contribution in [3.05, 3.63) is 18.0 Å². The van der Waals surface area contributed by atoms with E-state index >= 15 is 0 Å². The average Bonchev–Trinajstić information content (AvgIpc) is 2.68. The fourth-order valence-corrected chi connectivity index (χ4v) is 1.31. The van der Waals surface area contributed by atoms with Crippen molar-refractivity contribution in [3.63, 3.8) is 0 Å². The Bertz CT molecular complexity index is 261. The molecule has 1 rings (SSSR count). The molecule has 1 unspecified atom stereocenters. The van der Waals surface area contributed by atoms with E-state index in [0.29, 0.717) is 13.1 Å². The van der Waals surface area contributed by atoms with Crippen molar-refractivity contribution in [2.45, 2.75) is 19.5 Å². The molecule has 0 saturated carbocycles. The van der Waals surface area contributed by atoms with Crippen molar-refractivity contribution in [2.75, 3.05) is 19.7 Å². The van der Waals surface area contributed by atoms with Gasteiger partial charge in [0.25, 0.3) is 0 Å². The van der Waals surface area contributed by atoms with Gasteiger partial charge in [-0.1, -0.05) is 0 Å². The maximum atomic E-state index is 8.68. The van der Waals surface area contributed by atoms with Crippen LogP contribution in [0, 0.1) is 0 Å². The molecular formula is C9H18N4O. The minimum atomic E-state index is 0.0856. The molecule has 0 radical (unpaired) electrons. The Kier molecular flexibility index (Phi) is 4.58. The van der Waals surface area contributed by atoms with E-state index in [1.54, 1.807) is 0 Å². The maximum Gasteiger partial charge on any atom is 0.0556 e. The van der Waals surface area contributed by atoms with E-state index in [0.717, 1.165) is 12.1 Å². The Balaban J connectivity index is 2.58. The Morgan fingerprint density at radius 1 is 1.71 bits per heavy atom. The van der Waals surface area contributed by atoms with E-state index in [-0.39, 0.29) is 12.6 Å². The van der Waals surface area contributed by atoms with Gasteiger partial charge in [-0.3, -0.25) is 4.68 Å². The van der Waals surface area contributed by atoms with E-state index in [4.69, 9.17) is 10.8 Å². The Labute approximate surface area is 83.9 Å². The zero-order chi connectivity index (χ0) is 10.4. The lowest BCUT2D eigenvalue weighted by molar-refractivity contribution is 0.285. The molecule has 0 aromatic carbocycles. The molecule has 0 saturated heterocycles. The number of hydrogen-bond donors (Lipinski definition) is 3. The zero-order valence-electron chi connectivity index (χ0n) is 8.48. The molecule has 14 heavy (non-hydrogen) atoms. The third kappa shape index (κ3) is 2.80. The van der Waals surface area contributed by atoms with Crippen LogP contribution < -0.4 is 11.1 Å². The molecule has 0 amide bonds. The number of aryl methyl sites for hydroxylation is 1. The number of aliphatic hydroxyl groups excluding tert-OH is 1. The molecule has 0 bridgehead atoms. The molecule has 1 aromatic rings. The largest absolute Gasteiger partial charge is 0.395 e. The number of aromatic nitrogens is 2. The quantitative estimate of drug-likeness (QED) is 0.575. The summed E-state index contributed by atoms with van der Waals surface area (Å²) in [6.07, 6.45) is 3.79. The first-order valence-corrected chi connectivity index (χ1v) is 4.88. The summed E-state index contributed by atoms with van der Waals surface area (Å²) in [6.45, 7) is 4.08. The van der Waals surface area contributed by atoms with E-state index in [9.17, 15) is 0 Å². The van der Waals surface area contributed by atoms with Gasteiger partial charge in [0.2, 0.25) is 0 Å². The van der Waals surface area contributed by atoms with Gasteiger partial charge in [0.1, 0.15) is 0 Å². The lowest BCUT2D eigenvalue weighted by Crippen LogP contribution is -2.30. The molecule has 5 nitrogen and oxygen atoms in total. The van der Waals surface area contributed by atoms with Gasteiger partial charge in [-0.25, -0.2) is 0 Å². The van der Waals surface area contributed by atoms with Gasteiger partial charge in [0, 0.05) is 37.4 Å². The predicted octanol–water partition coefficient (Wildman–Crippen LogP) is -0.515. The van der Waals surface area contributed by atoms with Crippen LogP contribution in [0.3, 0.4) is 0 Å². The van der Waals surface area contributed by atoms with E-state index in [1.165, 1.54) is 0 Å². The minimum absolute atomic E-state index is 0.0856. The highest BCUT2D eigenvalue weighted by Gasteiger charge is 2.10. The normalized spacial score (nSPS) is 13.1. The standard InChI is InChI=1S/C9H18N4O/c1-2-13-7-8(6-12-13)9(5-10)11-3-4-14/h6-7,9,11,14H,2-5,10H2,1H3. The van der Waals surface area contributed by atoms with Crippen molar-refractivity contribution < 1.29 is 5.11 Å². The molecule has 0 aliphatic heterocycles. The van der Waals surface area contributed by atoms with Crippen LogP contribution in [-0.4, -0.2) is 34.6 Å². The van der Waals surface area contributed by atoms with Crippen LogP contribution in [-0.2, 0) is 6.54 Å². The summed E-state index contributed by atoms with van der Waals surface area (Å²) in [5.41, 5.74) is 6.69. The fraction of sp³-hybridized carbons (Fsp3) is 0.667. The Morgan fingerprint density at radius 2 is 2.50 bits per heavy atom. The third-order valence-corrected chi connectivity index (χ3v) is 2.12. The van der Waals surface area contributed by atoms with E-state index < -0.39 is 0 Å². The van der Waals surface area contributed by atoms with Crippen LogP contribution in [0.2, 0.25) is 0 Å². The van der Waals surface area contributed by atoms with Gasteiger partial charge in [-0.05, 0) is 6.92 Å². The Hall–Kier alpha value is -0.910. The van der Waals surface area contributed by atoms with Gasteiger partial charge in [-0.15, -0.1) is 0 Å². The first kappa shape index (κ1) is 11.2. The lowest BCUT2D eigenvalue weighted by Gasteiger charge is -2.13. The molecule has 1 atom stereocenters. The summed E-state index contributed by atoms with van der Waals surface area (Å²) in [5, 5.41) is 16.0. The highest BCUT2D eigenvalue weighted by Crippen LogP contribution is 2.09. The van der Waals surface area contributed by atoms with E-state index in [1.807, 2.05) is 24.0 Å². The molecule has 0 aliphatic carbocycles. The van der Waals surface area contributed by atoms with Crippen molar-refractivity contribution in [2.24, 2.45) is 5.73 Å². The van der Waals surface area contributed by atoms with Crippen molar-refractivity contribution in [1.29, 1.82) is 0 Å². The van der Waals surface area contributed by atoms with Gasteiger partial charge >= 0.3 is 0 Å². The topological polar surface area (TPSA) is 76.1 Å². The molecule has 1 aromatic heterocycles. The van der Waals surface area contributed by atoms with Crippen LogP contribution in [0.5, 0.6) is 0 Å². The summed E-state index contributed by atoms with van der Waals surface area (Å²) in [5.74, 6) is 0. The highest BCUT2D eigenvalue weighted by atomic mass is 16.3. The average molecular weight is 198 g/mol. The zero-order valence-corrected chi connectivity index (χ0v) is 8.48. The third-order valence-electron chi connectivity index (χ3n) is 2.12. The number of nitrogens with one attached hydrogen (secondary N) is 1. The van der Waals surface area contributed by atoms with Crippen molar-refractivity contribution in [1.82, 2.24) is 15.1 Å². The van der Waals surface area contributed by atoms with Gasteiger partial charge < -0.3 is 16.2 Å². The number of nitrogens with zero attached hydrogens (tertiary/aromatic N) is 2. The van der Waals surface area contributed by atoms with Crippen LogP contribution in [0.1, 0.15) is 18.5 Å². The predicted molar refractivity (Wildman–Crippen MR) is 54.8 cm³/mol. The molecule has 4 N–H and O–H groups in total. The summed E-state index contributed by atoms with van der Waals surface area (Å²) in [7, 11) is 0. The molecule has 1 heterocycles. The molecule has 0 fully saturated rings. The van der Waals surface area contributed by atoms with Crippen LogP contribution in [0.4, 0.5) is 0 Å². The number of hydrogen-bond acceptors (Lipinski definition) is 4. The second-order valence-electron chi connectivity index (χ2n) is 3.10. The molecule has 80 valence electrons. The number of nitrogens with two attached hydrogens (primary N) is 1. The van der Waals surface area contributed by atoms with Crippen LogP contribution in [0.25, 0.3) is 0 Å². The van der Waals surface area contributed by atoms with Crippen LogP contribution in [0.15, 0.2) is 12.4 Å². The summed E-state index contributed by atoms with van der Waals surface area (Å²) in [4.78, 5) is 0. The first-order chi connectivity index (χ1) is 6.81. The smallest absolute Gasteiger partial charge is 0.0556 e. The molecule has 0 aliphatic rings.